The zero-order valence-electron chi connectivity index (χ0n) is 17.7. The van der Waals surface area contributed by atoms with Crippen molar-refractivity contribution in [3.05, 3.63) is 99.0 Å². The topological polar surface area (TPSA) is 20.3 Å². The van der Waals surface area contributed by atoms with Crippen LogP contribution < -0.4 is 4.90 Å². The molecule has 1 atom stereocenters. The third-order valence-electron chi connectivity index (χ3n) is 6.19. The van der Waals surface area contributed by atoms with Crippen LogP contribution in [0.4, 0.5) is 5.69 Å². The Morgan fingerprint density at radius 1 is 0.900 bits per heavy atom. The van der Waals surface area contributed by atoms with Crippen LogP contribution in [0.25, 0.3) is 0 Å². The Bertz CT molecular complexity index is 1120. The van der Waals surface area contributed by atoms with Crippen molar-refractivity contribution in [1.29, 1.82) is 0 Å². The number of carbonyl (C=O) groups excluding carboxylic acids is 1. The first-order chi connectivity index (χ1) is 14.1. The third kappa shape index (κ3) is 3.42. The number of amides is 1. The minimum Gasteiger partial charge on any atom is -0.302 e. The first kappa shape index (κ1) is 21.0. The Kier molecular flexibility index (Phi) is 5.20. The van der Waals surface area contributed by atoms with Crippen molar-refractivity contribution in [3.63, 3.8) is 0 Å². The number of rotatable bonds is 2. The molecule has 1 amide bonds. The number of fused-ring (bicyclic) bond motifs is 1. The van der Waals surface area contributed by atoms with Crippen LogP contribution in [0.15, 0.2) is 66.7 Å². The SMILES string of the molecule is Cc1ccc([C@@]2(C)CC(C)(C)N(C(=O)c3ccc(Cl)c(Cl)c3)c3ccccc32)cc1. The Morgan fingerprint density at radius 2 is 1.57 bits per heavy atom. The molecular weight excluding hydrogens is 413 g/mol. The van der Waals surface area contributed by atoms with Crippen molar-refractivity contribution in [2.24, 2.45) is 0 Å². The second kappa shape index (κ2) is 7.44. The van der Waals surface area contributed by atoms with Gasteiger partial charge in [0.2, 0.25) is 0 Å². The van der Waals surface area contributed by atoms with Crippen molar-refractivity contribution in [2.45, 2.75) is 45.1 Å². The summed E-state index contributed by atoms with van der Waals surface area (Å²) in [7, 11) is 0. The highest BCUT2D eigenvalue weighted by atomic mass is 35.5. The van der Waals surface area contributed by atoms with Gasteiger partial charge in [0.1, 0.15) is 0 Å². The zero-order valence-corrected chi connectivity index (χ0v) is 19.2. The Labute approximate surface area is 188 Å². The highest BCUT2D eigenvalue weighted by Gasteiger charge is 2.47. The summed E-state index contributed by atoms with van der Waals surface area (Å²) < 4.78 is 0. The van der Waals surface area contributed by atoms with Crippen molar-refractivity contribution in [2.75, 3.05) is 4.90 Å². The number of nitrogens with zero attached hydrogens (tertiary/aromatic N) is 1. The van der Waals surface area contributed by atoms with E-state index in [0.29, 0.717) is 15.6 Å². The number of para-hydroxylation sites is 1. The van der Waals surface area contributed by atoms with Crippen LogP contribution in [0, 0.1) is 6.92 Å². The summed E-state index contributed by atoms with van der Waals surface area (Å²) in [5, 5.41) is 0.827. The predicted molar refractivity (Wildman–Crippen MR) is 126 cm³/mol. The molecule has 2 nitrogen and oxygen atoms in total. The lowest BCUT2D eigenvalue weighted by molar-refractivity contribution is 0.0948. The zero-order chi connectivity index (χ0) is 21.7. The Morgan fingerprint density at radius 3 is 2.23 bits per heavy atom. The minimum absolute atomic E-state index is 0.0722. The molecule has 0 N–H and O–H groups in total. The van der Waals surface area contributed by atoms with Gasteiger partial charge in [-0.05, 0) is 62.6 Å². The van der Waals surface area contributed by atoms with Crippen LogP contribution in [0.2, 0.25) is 10.0 Å². The van der Waals surface area contributed by atoms with E-state index < -0.39 is 5.54 Å². The Balaban J connectivity index is 1.87. The molecule has 3 aromatic carbocycles. The number of hydrogen-bond acceptors (Lipinski definition) is 1. The summed E-state index contributed by atoms with van der Waals surface area (Å²) in [5.74, 6) is -0.0722. The number of halogens is 2. The van der Waals surface area contributed by atoms with Crippen molar-refractivity contribution < 1.29 is 4.79 Å². The van der Waals surface area contributed by atoms with E-state index in [9.17, 15) is 4.79 Å². The molecule has 0 saturated heterocycles. The molecule has 0 spiro atoms. The predicted octanol–water partition coefficient (Wildman–Crippen LogP) is 7.44. The standard InChI is InChI=1S/C26H25Cl2NO/c1-17-9-12-19(13-10-17)26(4)16-25(2,3)29(23-8-6-5-7-20(23)26)24(30)18-11-14-21(27)22(28)15-18/h5-15H,16H2,1-4H3/t26-/m1/s1. The third-order valence-corrected chi connectivity index (χ3v) is 6.93. The lowest BCUT2D eigenvalue weighted by atomic mass is 9.65. The lowest BCUT2D eigenvalue weighted by Gasteiger charge is -2.51. The lowest BCUT2D eigenvalue weighted by Crippen LogP contribution is -2.55. The summed E-state index contributed by atoms with van der Waals surface area (Å²) in [4.78, 5) is 15.6. The molecule has 154 valence electrons. The highest BCUT2D eigenvalue weighted by Crippen LogP contribution is 2.50. The highest BCUT2D eigenvalue weighted by molar-refractivity contribution is 6.42. The van der Waals surface area contributed by atoms with Gasteiger partial charge in [-0.3, -0.25) is 4.79 Å². The number of aryl methyl sites for hydroxylation is 1. The van der Waals surface area contributed by atoms with E-state index >= 15 is 0 Å². The van der Waals surface area contributed by atoms with Crippen LogP contribution in [-0.4, -0.2) is 11.4 Å². The number of anilines is 1. The summed E-state index contributed by atoms with van der Waals surface area (Å²) in [6.45, 7) is 8.64. The minimum atomic E-state index is -0.406. The fraction of sp³-hybridized carbons (Fsp3) is 0.269. The fourth-order valence-corrected chi connectivity index (χ4v) is 5.12. The molecule has 1 heterocycles. The van der Waals surface area contributed by atoms with E-state index in [1.165, 1.54) is 11.1 Å². The average molecular weight is 438 g/mol. The summed E-state index contributed by atoms with van der Waals surface area (Å²) in [5.41, 5.74) is 4.51. The van der Waals surface area contributed by atoms with Gasteiger partial charge in [-0.1, -0.05) is 78.2 Å². The molecule has 0 radical (unpaired) electrons. The fourth-order valence-electron chi connectivity index (χ4n) is 4.82. The summed E-state index contributed by atoms with van der Waals surface area (Å²) in [6, 6.07) is 22.0. The van der Waals surface area contributed by atoms with E-state index in [4.69, 9.17) is 23.2 Å². The molecular formula is C26H25Cl2NO. The average Bonchev–Trinajstić information content (AvgIpc) is 2.69. The second-order valence-corrected chi connectivity index (χ2v) is 9.79. The van der Waals surface area contributed by atoms with E-state index in [0.717, 1.165) is 17.7 Å². The van der Waals surface area contributed by atoms with E-state index in [1.807, 2.05) is 23.1 Å². The molecule has 4 heteroatoms. The van der Waals surface area contributed by atoms with Crippen molar-refractivity contribution in [3.8, 4) is 0 Å². The molecule has 3 aromatic rings. The van der Waals surface area contributed by atoms with Gasteiger partial charge >= 0.3 is 0 Å². The summed E-state index contributed by atoms with van der Waals surface area (Å²) >= 11 is 12.3. The molecule has 0 unspecified atom stereocenters. The molecule has 0 saturated carbocycles. The maximum absolute atomic E-state index is 13.7. The van der Waals surface area contributed by atoms with Crippen LogP contribution in [-0.2, 0) is 5.41 Å². The number of benzene rings is 3. The second-order valence-electron chi connectivity index (χ2n) is 8.97. The molecule has 0 aromatic heterocycles. The van der Waals surface area contributed by atoms with Gasteiger partial charge in [-0.25, -0.2) is 0 Å². The molecule has 30 heavy (non-hydrogen) atoms. The van der Waals surface area contributed by atoms with Crippen molar-refractivity contribution >= 4 is 34.8 Å². The summed E-state index contributed by atoms with van der Waals surface area (Å²) in [6.07, 6.45) is 0.799. The number of hydrogen-bond donors (Lipinski definition) is 0. The molecule has 0 aliphatic carbocycles. The van der Waals surface area contributed by atoms with Gasteiger partial charge in [0.25, 0.3) is 5.91 Å². The number of carbonyl (C=O) groups is 1. The first-order valence-electron chi connectivity index (χ1n) is 10.1. The Hall–Kier alpha value is -2.29. The van der Waals surface area contributed by atoms with Crippen LogP contribution in [0.5, 0.6) is 0 Å². The van der Waals surface area contributed by atoms with E-state index in [1.54, 1.807) is 18.2 Å². The van der Waals surface area contributed by atoms with Crippen molar-refractivity contribution in [1.82, 2.24) is 0 Å². The molecule has 1 aliphatic rings. The van der Waals surface area contributed by atoms with Gasteiger partial charge < -0.3 is 4.90 Å². The smallest absolute Gasteiger partial charge is 0.258 e. The normalized spacial score (nSPS) is 20.0. The van der Waals surface area contributed by atoms with Crippen LogP contribution in [0.1, 0.15) is 54.2 Å². The van der Waals surface area contributed by atoms with E-state index in [-0.39, 0.29) is 11.3 Å². The maximum atomic E-state index is 13.7. The van der Waals surface area contributed by atoms with Gasteiger partial charge in [-0.2, -0.15) is 0 Å². The maximum Gasteiger partial charge on any atom is 0.258 e. The van der Waals surface area contributed by atoms with Gasteiger partial charge in [0.15, 0.2) is 0 Å². The van der Waals surface area contributed by atoms with Gasteiger partial charge in [-0.15, -0.1) is 0 Å². The van der Waals surface area contributed by atoms with Crippen LogP contribution >= 0.6 is 23.2 Å². The molecule has 1 aliphatic heterocycles. The van der Waals surface area contributed by atoms with Gasteiger partial charge in [0.05, 0.1) is 10.0 Å². The van der Waals surface area contributed by atoms with E-state index in [2.05, 4.69) is 58.0 Å². The molecule has 0 fully saturated rings. The largest absolute Gasteiger partial charge is 0.302 e. The van der Waals surface area contributed by atoms with Crippen LogP contribution in [0.3, 0.4) is 0 Å². The molecule has 0 bridgehead atoms. The van der Waals surface area contributed by atoms with Gasteiger partial charge in [0, 0.05) is 22.2 Å². The molecule has 4 rings (SSSR count). The first-order valence-corrected chi connectivity index (χ1v) is 10.9. The quantitative estimate of drug-likeness (QED) is 0.407. The monoisotopic (exact) mass is 437 g/mol.